The van der Waals surface area contributed by atoms with E-state index in [0.717, 1.165) is 0 Å². The van der Waals surface area contributed by atoms with E-state index in [-0.39, 0.29) is 20.1 Å². The van der Waals surface area contributed by atoms with Crippen LogP contribution in [0.5, 0.6) is 0 Å². The van der Waals surface area contributed by atoms with Gasteiger partial charge in [-0.25, -0.2) is 0 Å². The third-order valence-corrected chi connectivity index (χ3v) is 10.1. The van der Waals surface area contributed by atoms with Crippen molar-refractivity contribution in [3.8, 4) is 0 Å². The van der Waals surface area contributed by atoms with Gasteiger partial charge in [0, 0.05) is 20.1 Å². The van der Waals surface area contributed by atoms with Gasteiger partial charge in [0.25, 0.3) is 0 Å². The summed E-state index contributed by atoms with van der Waals surface area (Å²) in [4.78, 5) is 0. The molecule has 167 valence electrons. The summed E-state index contributed by atoms with van der Waals surface area (Å²) < 4.78 is 59.2. The molecule has 0 aromatic carbocycles. The Kier molecular flexibility index (Phi) is 9.61. The van der Waals surface area contributed by atoms with E-state index in [1.807, 2.05) is 0 Å². The average molecular weight is 618 g/mol. The Morgan fingerprint density at radius 1 is 0.444 bits per heavy atom. The van der Waals surface area contributed by atoms with Crippen LogP contribution in [0.3, 0.4) is 0 Å². The van der Waals surface area contributed by atoms with E-state index in [4.69, 9.17) is 0 Å². The molecule has 0 aliphatic heterocycles. The van der Waals surface area contributed by atoms with E-state index >= 15 is 0 Å². The molecular formula is C18H33F6IrP2-. The summed E-state index contributed by atoms with van der Waals surface area (Å²) in [6, 6.07) is 0. The molecule has 0 heterocycles. The quantitative estimate of drug-likeness (QED) is 0.219. The molecule has 0 atom stereocenters. The van der Waals surface area contributed by atoms with Crippen LogP contribution in [0.25, 0.3) is 0 Å². The van der Waals surface area contributed by atoms with Gasteiger partial charge in [-0.2, -0.15) is 0 Å². The Hall–Kier alpha value is 1.09. The summed E-state index contributed by atoms with van der Waals surface area (Å²) in [5, 5.41) is 0. The van der Waals surface area contributed by atoms with E-state index in [1.54, 1.807) is 77.0 Å². The summed E-state index contributed by atoms with van der Waals surface area (Å²) in [5.74, 6) is 0. The second kappa shape index (κ2) is 9.93. The maximum atomic E-state index is 9.87. The van der Waals surface area contributed by atoms with Crippen LogP contribution >= 0.6 is 15.7 Å². The van der Waals surface area contributed by atoms with E-state index < -0.39 is 7.81 Å². The van der Waals surface area contributed by atoms with Crippen LogP contribution in [-0.2, 0) is 20.1 Å². The minimum absolute atomic E-state index is 0. The van der Waals surface area contributed by atoms with Crippen LogP contribution in [0.2, 0.25) is 0 Å². The Labute approximate surface area is 174 Å². The van der Waals surface area contributed by atoms with Crippen LogP contribution in [0.1, 0.15) is 96.3 Å². The molecule has 3 rings (SSSR count). The Morgan fingerprint density at radius 3 is 0.815 bits per heavy atom. The molecule has 0 aromatic rings. The molecule has 1 radical (unpaired) electrons. The molecule has 0 bridgehead atoms. The zero-order valence-electron chi connectivity index (χ0n) is 15.8. The Morgan fingerprint density at radius 2 is 0.630 bits per heavy atom. The normalized spacial score (nSPS) is 26.3. The number of rotatable bonds is 3. The summed E-state index contributed by atoms with van der Waals surface area (Å²) in [5.41, 5.74) is 3.57. The standard InChI is InChI=1S/C18H33P.F6P.Ir/c1-4-10-16(11-5-1)19(17-12-6-2-7-13-17)18-14-8-3-9-15-18;1-7(2,3,4,5)6;/h16-18H,1-15H2;;/q;-1;. The van der Waals surface area contributed by atoms with Crippen LogP contribution in [0.4, 0.5) is 25.2 Å². The molecule has 27 heavy (non-hydrogen) atoms. The van der Waals surface area contributed by atoms with Gasteiger partial charge in [-0.1, -0.05) is 65.7 Å². The van der Waals surface area contributed by atoms with E-state index in [2.05, 4.69) is 0 Å². The third-order valence-electron chi connectivity index (χ3n) is 5.99. The largest absolute Gasteiger partial charge is 0 e. The average Bonchev–Trinajstić information content (AvgIpc) is 2.55. The molecule has 3 fully saturated rings. The molecule has 9 heteroatoms. The molecular weight excluding hydrogens is 584 g/mol. The summed E-state index contributed by atoms with van der Waals surface area (Å²) in [6.45, 7) is 0. The monoisotopic (exact) mass is 618 g/mol. The molecule has 0 amide bonds. The second-order valence-electron chi connectivity index (χ2n) is 8.28. The van der Waals surface area contributed by atoms with Crippen molar-refractivity contribution in [2.45, 2.75) is 113 Å². The predicted molar refractivity (Wildman–Crippen MR) is 101 cm³/mol. The van der Waals surface area contributed by atoms with Crippen molar-refractivity contribution >= 4 is 15.7 Å². The molecule has 3 aliphatic carbocycles. The molecule has 0 unspecified atom stereocenters. The van der Waals surface area contributed by atoms with E-state index in [1.165, 1.54) is 36.2 Å². The van der Waals surface area contributed by atoms with Crippen molar-refractivity contribution in [2.75, 3.05) is 0 Å². The predicted octanol–water partition coefficient (Wildman–Crippen LogP) is 9.85. The number of hydrogen-bond acceptors (Lipinski definition) is 0. The fourth-order valence-corrected chi connectivity index (χ4v) is 9.71. The number of halogens is 6. The van der Waals surface area contributed by atoms with E-state index in [0.29, 0.717) is 7.92 Å². The van der Waals surface area contributed by atoms with Gasteiger partial charge in [0.05, 0.1) is 0 Å². The van der Waals surface area contributed by atoms with Crippen molar-refractivity contribution < 1.29 is 45.3 Å². The zero-order chi connectivity index (χ0) is 19.3. The maximum Gasteiger partial charge on any atom is 0 e. The Bertz CT molecular complexity index is 369. The van der Waals surface area contributed by atoms with Crippen molar-refractivity contribution in [1.82, 2.24) is 0 Å². The van der Waals surface area contributed by atoms with Crippen molar-refractivity contribution in [2.24, 2.45) is 0 Å². The van der Waals surface area contributed by atoms with Gasteiger partial charge in [-0.15, -0.1) is 0 Å². The molecule has 0 spiro atoms. The zero-order valence-corrected chi connectivity index (χ0v) is 20.0. The molecule has 0 N–H and O–H groups in total. The maximum absolute atomic E-state index is 10.7. The van der Waals surface area contributed by atoms with E-state index in [9.17, 15) is 25.2 Å². The van der Waals surface area contributed by atoms with Crippen LogP contribution in [0.15, 0.2) is 0 Å². The van der Waals surface area contributed by atoms with Gasteiger partial charge in [0.2, 0.25) is 0 Å². The topological polar surface area (TPSA) is 0 Å². The SMILES string of the molecule is C1CCC(P(C2CCCCC2)C2CCCCC2)CC1.F[P-](F)(F)(F)(F)F.[Ir]. The molecule has 0 aromatic heterocycles. The summed E-state index contributed by atoms with van der Waals surface area (Å²) >= 11 is 0. The third kappa shape index (κ3) is 12.4. The van der Waals surface area contributed by atoms with Gasteiger partial charge in [-0.05, 0) is 55.5 Å². The van der Waals surface area contributed by atoms with Gasteiger partial charge >= 0.3 is 33.0 Å². The van der Waals surface area contributed by atoms with Crippen LogP contribution < -0.4 is 0 Å². The van der Waals surface area contributed by atoms with Gasteiger partial charge in [-0.3, -0.25) is 0 Å². The van der Waals surface area contributed by atoms with Gasteiger partial charge in [0.15, 0.2) is 0 Å². The number of hydrogen-bond donors (Lipinski definition) is 0. The molecule has 3 saturated carbocycles. The minimum Gasteiger partial charge on any atom is 0 e. The van der Waals surface area contributed by atoms with Crippen LogP contribution in [0, 0.1) is 0 Å². The first kappa shape index (κ1) is 26.1. The van der Waals surface area contributed by atoms with Crippen molar-refractivity contribution in [3.63, 3.8) is 0 Å². The summed E-state index contributed by atoms with van der Waals surface area (Å²) in [6.07, 6.45) is 23.6. The first-order valence-electron chi connectivity index (χ1n) is 10.2. The first-order chi connectivity index (χ1) is 11.9. The first-order valence-corrected chi connectivity index (χ1v) is 13.8. The second-order valence-corrected chi connectivity index (χ2v) is 13.3. The Balaban J connectivity index is 0.000000395. The smallest absolute Gasteiger partial charge is 0 e. The fourth-order valence-electron chi connectivity index (χ4n) is 5.03. The molecule has 0 saturated heterocycles. The summed E-state index contributed by atoms with van der Waals surface area (Å²) in [7, 11) is -10.3. The minimum atomic E-state index is -10.7. The van der Waals surface area contributed by atoms with Gasteiger partial charge in [0.1, 0.15) is 0 Å². The molecule has 3 aliphatic rings. The van der Waals surface area contributed by atoms with Crippen LogP contribution in [-0.4, -0.2) is 17.0 Å². The van der Waals surface area contributed by atoms with Gasteiger partial charge < -0.3 is 0 Å². The van der Waals surface area contributed by atoms with Crippen molar-refractivity contribution in [3.05, 3.63) is 0 Å². The fraction of sp³-hybridized carbons (Fsp3) is 1.00. The van der Waals surface area contributed by atoms with Crippen molar-refractivity contribution in [1.29, 1.82) is 0 Å². The molecule has 0 nitrogen and oxygen atoms in total.